The third-order valence-electron chi connectivity index (χ3n) is 5.71. The minimum atomic E-state index is -0.600. The third-order valence-corrected chi connectivity index (χ3v) is 7.37. The first-order valence-corrected chi connectivity index (χ1v) is 13.0. The minimum Gasteiger partial charge on any atom is -0.457 e. The molecule has 4 aromatic rings. The van der Waals surface area contributed by atoms with Crippen molar-refractivity contribution in [3.8, 4) is 11.3 Å². The highest BCUT2D eigenvalue weighted by Crippen LogP contribution is 2.39. The Balaban J connectivity index is 1.43. The number of rotatable bonds is 7. The van der Waals surface area contributed by atoms with Crippen LogP contribution in [-0.4, -0.2) is 20.9 Å². The van der Waals surface area contributed by atoms with Gasteiger partial charge in [-0.15, -0.1) is 0 Å². The van der Waals surface area contributed by atoms with Gasteiger partial charge in [0.15, 0.2) is 5.17 Å². The second kappa shape index (κ2) is 11.3. The molecule has 0 atom stereocenters. The van der Waals surface area contributed by atoms with Crippen LogP contribution in [-0.2, 0) is 17.9 Å². The molecule has 1 saturated heterocycles. The molecule has 1 fully saturated rings. The fourth-order valence-electron chi connectivity index (χ4n) is 3.84. The lowest BCUT2D eigenvalue weighted by molar-refractivity contribution is -0.384. The van der Waals surface area contributed by atoms with Gasteiger partial charge < -0.3 is 4.42 Å². The SMILES string of the molecule is O=C1/C(=C\c2ccc(-c3cc(Cl)c([N+](=O)[O-])cc3Cl)o2)SC(=NCc2ccccc2)N1Cc1ccccc1. The van der Waals surface area contributed by atoms with Gasteiger partial charge in [-0.2, -0.15) is 0 Å². The number of nitro benzene ring substituents is 1. The van der Waals surface area contributed by atoms with E-state index < -0.39 is 4.92 Å². The molecule has 0 aliphatic carbocycles. The molecule has 5 rings (SSSR count). The first kappa shape index (κ1) is 25.8. The van der Waals surface area contributed by atoms with Crippen LogP contribution in [0.15, 0.2) is 99.2 Å². The van der Waals surface area contributed by atoms with Gasteiger partial charge in [0.1, 0.15) is 16.5 Å². The molecule has 3 aromatic carbocycles. The van der Waals surface area contributed by atoms with Gasteiger partial charge >= 0.3 is 0 Å². The Labute approximate surface area is 232 Å². The number of halogens is 2. The van der Waals surface area contributed by atoms with Crippen molar-refractivity contribution in [1.29, 1.82) is 0 Å². The molecule has 38 heavy (non-hydrogen) atoms. The molecule has 10 heteroatoms. The summed E-state index contributed by atoms with van der Waals surface area (Å²) in [5.41, 5.74) is 2.15. The molecular formula is C28H19Cl2N3O4S. The van der Waals surface area contributed by atoms with Crippen molar-refractivity contribution in [2.45, 2.75) is 13.1 Å². The molecule has 1 amide bonds. The summed E-state index contributed by atoms with van der Waals surface area (Å²) in [5.74, 6) is 0.610. The van der Waals surface area contributed by atoms with Crippen LogP contribution >= 0.6 is 35.0 Å². The van der Waals surface area contributed by atoms with Crippen molar-refractivity contribution >= 4 is 57.8 Å². The molecule has 1 aliphatic heterocycles. The second-order valence-electron chi connectivity index (χ2n) is 8.31. The van der Waals surface area contributed by atoms with Crippen LogP contribution in [0.3, 0.4) is 0 Å². The predicted octanol–water partition coefficient (Wildman–Crippen LogP) is 7.83. The number of furan rings is 1. The van der Waals surface area contributed by atoms with Crippen LogP contribution in [0.5, 0.6) is 0 Å². The van der Waals surface area contributed by atoms with E-state index in [1.165, 1.54) is 23.9 Å². The maximum atomic E-state index is 13.4. The summed E-state index contributed by atoms with van der Waals surface area (Å²) in [6, 6.07) is 25.5. The quantitative estimate of drug-likeness (QED) is 0.130. The van der Waals surface area contributed by atoms with Gasteiger partial charge in [-0.25, -0.2) is 0 Å². The standard InChI is InChI=1S/C28H19Cl2N3O4S/c29-22-15-24(33(35)36)23(30)14-21(22)25-12-11-20(37-25)13-26-27(34)32(17-19-9-5-2-6-10-19)28(38-26)31-16-18-7-3-1-4-8-18/h1-15H,16-17H2/b26-13+,31-28?. The van der Waals surface area contributed by atoms with Gasteiger partial charge in [-0.1, -0.05) is 83.9 Å². The van der Waals surface area contributed by atoms with Crippen molar-refractivity contribution < 1.29 is 14.1 Å². The number of carbonyl (C=O) groups is 1. The van der Waals surface area contributed by atoms with E-state index in [9.17, 15) is 14.9 Å². The molecule has 1 aromatic heterocycles. The van der Waals surface area contributed by atoms with Crippen molar-refractivity contribution in [1.82, 2.24) is 4.90 Å². The third kappa shape index (κ3) is 5.67. The zero-order chi connectivity index (χ0) is 26.6. The summed E-state index contributed by atoms with van der Waals surface area (Å²) >= 11 is 13.6. The maximum absolute atomic E-state index is 13.4. The summed E-state index contributed by atoms with van der Waals surface area (Å²) < 4.78 is 5.92. The number of hydrogen-bond acceptors (Lipinski definition) is 6. The number of amides is 1. The van der Waals surface area contributed by atoms with Gasteiger partial charge in [0.25, 0.3) is 11.6 Å². The van der Waals surface area contributed by atoms with E-state index >= 15 is 0 Å². The fraction of sp³-hybridized carbons (Fsp3) is 0.0714. The molecule has 0 unspecified atom stereocenters. The number of hydrogen-bond donors (Lipinski definition) is 0. The van der Waals surface area contributed by atoms with Crippen molar-refractivity contribution in [2.24, 2.45) is 4.99 Å². The van der Waals surface area contributed by atoms with E-state index in [4.69, 9.17) is 32.6 Å². The van der Waals surface area contributed by atoms with E-state index in [0.717, 1.165) is 11.1 Å². The van der Waals surface area contributed by atoms with Crippen LogP contribution in [0.25, 0.3) is 17.4 Å². The molecule has 0 radical (unpaired) electrons. The Morgan fingerprint density at radius 2 is 1.63 bits per heavy atom. The fourth-order valence-corrected chi connectivity index (χ4v) is 5.28. The Morgan fingerprint density at radius 1 is 0.947 bits per heavy atom. The Hall–Kier alpha value is -3.85. The summed E-state index contributed by atoms with van der Waals surface area (Å²) in [6.07, 6.45) is 1.65. The molecule has 7 nitrogen and oxygen atoms in total. The normalized spacial score (nSPS) is 15.5. The maximum Gasteiger partial charge on any atom is 0.289 e. The van der Waals surface area contributed by atoms with Crippen molar-refractivity contribution in [2.75, 3.05) is 0 Å². The van der Waals surface area contributed by atoms with Crippen LogP contribution in [0.1, 0.15) is 16.9 Å². The minimum absolute atomic E-state index is 0.0527. The number of thioether (sulfide) groups is 1. The average molecular weight is 564 g/mol. The van der Waals surface area contributed by atoms with Gasteiger partial charge in [0.05, 0.1) is 27.9 Å². The van der Waals surface area contributed by atoms with E-state index in [0.29, 0.717) is 40.2 Å². The Bertz CT molecular complexity index is 1570. The van der Waals surface area contributed by atoms with Crippen LogP contribution in [0, 0.1) is 10.1 Å². The van der Waals surface area contributed by atoms with Crippen LogP contribution in [0.2, 0.25) is 10.0 Å². The van der Waals surface area contributed by atoms with Gasteiger partial charge in [-0.05, 0) is 41.1 Å². The summed E-state index contributed by atoms with van der Waals surface area (Å²) in [4.78, 5) is 30.8. The molecule has 0 spiro atoms. The highest BCUT2D eigenvalue weighted by molar-refractivity contribution is 8.18. The molecule has 1 aliphatic rings. The topological polar surface area (TPSA) is 88.9 Å². The summed E-state index contributed by atoms with van der Waals surface area (Å²) in [7, 11) is 0. The number of aliphatic imine (C=N–C) groups is 1. The van der Waals surface area contributed by atoms with E-state index in [-0.39, 0.29) is 21.6 Å². The summed E-state index contributed by atoms with van der Waals surface area (Å²) in [5, 5.41) is 11.8. The van der Waals surface area contributed by atoms with Gasteiger partial charge in [0.2, 0.25) is 0 Å². The second-order valence-corrected chi connectivity index (χ2v) is 10.1. The highest BCUT2D eigenvalue weighted by atomic mass is 35.5. The lowest BCUT2D eigenvalue weighted by Crippen LogP contribution is -2.28. The zero-order valence-corrected chi connectivity index (χ0v) is 22.0. The number of nitrogens with zero attached hydrogens (tertiary/aromatic N) is 3. The lowest BCUT2D eigenvalue weighted by atomic mass is 10.1. The number of benzene rings is 3. The molecule has 0 N–H and O–H groups in total. The summed E-state index contributed by atoms with van der Waals surface area (Å²) in [6.45, 7) is 0.831. The first-order chi connectivity index (χ1) is 18.4. The monoisotopic (exact) mass is 563 g/mol. The zero-order valence-electron chi connectivity index (χ0n) is 19.7. The smallest absolute Gasteiger partial charge is 0.289 e. The largest absolute Gasteiger partial charge is 0.457 e. The van der Waals surface area contributed by atoms with Crippen LogP contribution in [0.4, 0.5) is 5.69 Å². The molecule has 0 saturated carbocycles. The lowest BCUT2D eigenvalue weighted by Gasteiger charge is -2.15. The molecular weight excluding hydrogens is 545 g/mol. The van der Waals surface area contributed by atoms with E-state index in [2.05, 4.69) is 0 Å². The predicted molar refractivity (Wildman–Crippen MR) is 151 cm³/mol. The van der Waals surface area contributed by atoms with E-state index in [1.54, 1.807) is 23.1 Å². The first-order valence-electron chi connectivity index (χ1n) is 11.5. The Morgan fingerprint density at radius 3 is 2.32 bits per heavy atom. The Kier molecular flexibility index (Phi) is 7.64. The molecule has 2 heterocycles. The molecule has 0 bridgehead atoms. The van der Waals surface area contributed by atoms with Crippen molar-refractivity contribution in [3.63, 3.8) is 0 Å². The molecule has 190 valence electrons. The van der Waals surface area contributed by atoms with Crippen LogP contribution < -0.4 is 0 Å². The number of nitro groups is 1. The number of carbonyl (C=O) groups excluding carboxylic acids is 1. The van der Waals surface area contributed by atoms with Gasteiger partial charge in [0, 0.05) is 17.7 Å². The van der Waals surface area contributed by atoms with Crippen molar-refractivity contribution in [3.05, 3.63) is 127 Å². The highest BCUT2D eigenvalue weighted by Gasteiger charge is 2.33. The van der Waals surface area contributed by atoms with E-state index in [1.807, 2.05) is 60.7 Å². The van der Waals surface area contributed by atoms with Gasteiger partial charge in [-0.3, -0.25) is 24.8 Å². The number of amidine groups is 1. The average Bonchev–Trinajstić information content (AvgIpc) is 3.50.